The van der Waals surface area contributed by atoms with Gasteiger partial charge in [0.1, 0.15) is 17.9 Å². The zero-order chi connectivity index (χ0) is 39.1. The van der Waals surface area contributed by atoms with Gasteiger partial charge in [-0.25, -0.2) is 19.9 Å². The minimum absolute atomic E-state index is 0.172. The third-order valence-electron chi connectivity index (χ3n) is 9.73. The second-order valence-electron chi connectivity index (χ2n) is 13.7. The maximum absolute atomic E-state index is 11.2. The fraction of sp³-hybridized carbons (Fsp3) is 0.196. The Kier molecular flexibility index (Phi) is 13.1. The van der Waals surface area contributed by atoms with E-state index in [2.05, 4.69) is 89.9 Å². The van der Waals surface area contributed by atoms with E-state index in [1.807, 2.05) is 54.6 Å². The van der Waals surface area contributed by atoms with E-state index < -0.39 is 0 Å². The number of aldehydes is 1. The van der Waals surface area contributed by atoms with Crippen LogP contribution >= 0.6 is 0 Å². The fourth-order valence-electron chi connectivity index (χ4n) is 6.60. The molecule has 0 radical (unpaired) electrons. The average molecular weight is 753 g/mol. The Morgan fingerprint density at radius 1 is 0.526 bits per heavy atom. The molecule has 284 valence electrons. The van der Waals surface area contributed by atoms with Crippen molar-refractivity contribution < 1.29 is 4.79 Å². The molecule has 0 spiro atoms. The Bertz CT molecular complexity index is 2470. The normalized spacial score (nSPS) is 11.9. The molecule has 8 aromatic rings. The lowest BCUT2D eigenvalue weighted by Crippen LogP contribution is -2.18. The number of pyridine rings is 4. The van der Waals surface area contributed by atoms with E-state index in [4.69, 9.17) is 9.97 Å². The summed E-state index contributed by atoms with van der Waals surface area (Å²) in [6.07, 6.45) is 18.4. The summed E-state index contributed by atoms with van der Waals surface area (Å²) in [5.74, 6) is 3.59. The van der Waals surface area contributed by atoms with Gasteiger partial charge in [0.15, 0.2) is 11.6 Å². The van der Waals surface area contributed by atoms with Gasteiger partial charge in [0.25, 0.3) is 0 Å². The van der Waals surface area contributed by atoms with Crippen LogP contribution in [0.25, 0.3) is 44.6 Å². The van der Waals surface area contributed by atoms with Crippen molar-refractivity contribution in [2.75, 3.05) is 23.7 Å². The number of hydrogen-bond acceptors (Lipinski definition) is 11. The number of nitrogens with zero attached hydrogens (tertiary/aromatic N) is 8. The van der Waals surface area contributed by atoms with Gasteiger partial charge in [-0.15, -0.1) is 0 Å². The molecule has 0 aliphatic rings. The van der Waals surface area contributed by atoms with Crippen molar-refractivity contribution >= 4 is 39.7 Å². The Morgan fingerprint density at radius 2 is 0.965 bits per heavy atom. The van der Waals surface area contributed by atoms with Crippen molar-refractivity contribution in [1.82, 2.24) is 39.9 Å². The summed E-state index contributed by atoms with van der Waals surface area (Å²) < 4.78 is 0. The van der Waals surface area contributed by atoms with Gasteiger partial charge in [-0.2, -0.15) is 0 Å². The molecule has 6 heterocycles. The van der Waals surface area contributed by atoms with Gasteiger partial charge >= 0.3 is 0 Å². The van der Waals surface area contributed by atoms with Gasteiger partial charge in [0.2, 0.25) is 0 Å². The van der Waals surface area contributed by atoms with Crippen LogP contribution in [-0.2, 0) is 17.6 Å². The number of hydrogen-bond donors (Lipinski definition) is 2. The monoisotopic (exact) mass is 752 g/mol. The highest BCUT2D eigenvalue weighted by atomic mass is 16.1. The first kappa shape index (κ1) is 38.3. The number of carbonyl (C=O) groups excluding carboxylic acids is 1. The van der Waals surface area contributed by atoms with E-state index in [-0.39, 0.29) is 5.92 Å². The molecule has 0 aliphatic heterocycles. The van der Waals surface area contributed by atoms with E-state index in [9.17, 15) is 4.79 Å². The molecule has 2 aromatic carbocycles. The Labute approximate surface area is 332 Å². The maximum Gasteiger partial charge on any atom is 0.162 e. The number of carbonyl (C=O) groups is 1. The van der Waals surface area contributed by atoms with Gasteiger partial charge in [0, 0.05) is 78.6 Å². The molecule has 0 fully saturated rings. The third kappa shape index (κ3) is 10.4. The molecule has 0 unspecified atom stereocenters. The molecule has 57 heavy (non-hydrogen) atoms. The van der Waals surface area contributed by atoms with Gasteiger partial charge in [-0.3, -0.25) is 19.9 Å². The van der Waals surface area contributed by atoms with Crippen LogP contribution in [0.15, 0.2) is 147 Å². The van der Waals surface area contributed by atoms with Crippen LogP contribution in [0.2, 0.25) is 0 Å². The molecule has 11 heteroatoms. The van der Waals surface area contributed by atoms with Crippen LogP contribution < -0.4 is 10.6 Å². The van der Waals surface area contributed by atoms with Crippen molar-refractivity contribution in [2.45, 2.75) is 32.6 Å². The van der Waals surface area contributed by atoms with Crippen LogP contribution in [0.3, 0.4) is 0 Å². The highest BCUT2D eigenvalue weighted by molar-refractivity contribution is 5.90. The lowest BCUT2D eigenvalue weighted by atomic mass is 9.96. The molecule has 0 saturated carbocycles. The fourth-order valence-corrected chi connectivity index (χ4v) is 6.60. The molecule has 8 rings (SSSR count). The first-order valence-corrected chi connectivity index (χ1v) is 19.2. The number of aromatic nitrogens is 8. The Morgan fingerprint density at radius 3 is 1.42 bits per heavy atom. The Balaban J connectivity index is 0.000000174. The summed E-state index contributed by atoms with van der Waals surface area (Å²) in [5.41, 5.74) is 6.03. The lowest BCUT2D eigenvalue weighted by molar-refractivity contribution is -0.108. The number of anilines is 2. The van der Waals surface area contributed by atoms with Crippen molar-refractivity contribution in [3.8, 4) is 22.8 Å². The van der Waals surface area contributed by atoms with Gasteiger partial charge < -0.3 is 15.4 Å². The zero-order valence-corrected chi connectivity index (χ0v) is 31.8. The summed E-state index contributed by atoms with van der Waals surface area (Å²) in [5, 5.41) is 8.92. The van der Waals surface area contributed by atoms with Crippen molar-refractivity contribution in [1.29, 1.82) is 0 Å². The summed E-state index contributed by atoms with van der Waals surface area (Å²) in [7, 11) is 0. The molecule has 0 amide bonds. The minimum Gasteiger partial charge on any atom is -0.369 e. The third-order valence-corrected chi connectivity index (χ3v) is 9.73. The standard InChI is InChI=1S/C23H21N5O.C23H23N5/c29-13-9-18(14-17-4-2-1-3-5-17)15-26-23-20-8-12-25-16-21(20)27-22(28-23)19-6-10-24-11-7-19;1-2-17(14-18-6-4-3-5-7-18)15-26-23-20-10-13-25-16-21(20)27-22(28-23)19-8-11-24-12-9-19/h1-8,10-13,16,18H,9,14-15H2,(H,26,27,28);3-13,16-17H,2,14-15H2,1H3,(H,26,27,28)/t18-;17-/m00/s1. The first-order valence-electron chi connectivity index (χ1n) is 19.2. The summed E-state index contributed by atoms with van der Waals surface area (Å²) in [6.45, 7) is 3.73. The molecular weight excluding hydrogens is 709 g/mol. The van der Waals surface area contributed by atoms with Gasteiger partial charge in [-0.1, -0.05) is 74.0 Å². The minimum atomic E-state index is 0.172. The van der Waals surface area contributed by atoms with Crippen LogP contribution in [0.1, 0.15) is 30.9 Å². The number of benzene rings is 2. The summed E-state index contributed by atoms with van der Waals surface area (Å²) in [6, 6.07) is 32.3. The van der Waals surface area contributed by atoms with E-state index in [1.54, 1.807) is 49.6 Å². The van der Waals surface area contributed by atoms with E-state index in [0.29, 0.717) is 30.5 Å². The highest BCUT2D eigenvalue weighted by Gasteiger charge is 2.15. The second-order valence-corrected chi connectivity index (χ2v) is 13.7. The predicted octanol–water partition coefficient (Wildman–Crippen LogP) is 8.71. The largest absolute Gasteiger partial charge is 0.369 e. The van der Waals surface area contributed by atoms with Crippen molar-refractivity contribution in [2.24, 2.45) is 11.8 Å². The lowest BCUT2D eigenvalue weighted by Gasteiger charge is -2.17. The van der Waals surface area contributed by atoms with Crippen LogP contribution in [-0.4, -0.2) is 59.2 Å². The first-order chi connectivity index (χ1) is 28.2. The summed E-state index contributed by atoms with van der Waals surface area (Å²) in [4.78, 5) is 46.6. The average Bonchev–Trinajstić information content (AvgIpc) is 3.28. The topological polar surface area (TPSA) is 144 Å². The zero-order valence-electron chi connectivity index (χ0n) is 31.8. The quantitative estimate of drug-likeness (QED) is 0.0971. The highest BCUT2D eigenvalue weighted by Crippen LogP contribution is 2.26. The predicted molar refractivity (Wildman–Crippen MR) is 226 cm³/mol. The van der Waals surface area contributed by atoms with Crippen LogP contribution in [0.5, 0.6) is 0 Å². The molecule has 2 N–H and O–H groups in total. The van der Waals surface area contributed by atoms with Gasteiger partial charge in [-0.05, 0) is 72.2 Å². The molecular formula is C46H44N10O. The van der Waals surface area contributed by atoms with Gasteiger partial charge in [0.05, 0.1) is 23.4 Å². The van der Waals surface area contributed by atoms with E-state index in [1.165, 1.54) is 11.1 Å². The van der Waals surface area contributed by atoms with E-state index >= 15 is 0 Å². The smallest absolute Gasteiger partial charge is 0.162 e. The number of nitrogens with one attached hydrogen (secondary N) is 2. The number of fused-ring (bicyclic) bond motifs is 2. The maximum atomic E-state index is 11.2. The SMILES string of the molecule is CC[C@H](CNc1nc(-c2ccncc2)nc2cnccc12)Cc1ccccc1.O=CC[C@H](CNc1nc(-c2ccncc2)nc2cnccc12)Cc1ccccc1. The molecule has 11 nitrogen and oxygen atoms in total. The molecule has 0 saturated heterocycles. The molecule has 6 aromatic heterocycles. The molecule has 0 bridgehead atoms. The molecule has 2 atom stereocenters. The van der Waals surface area contributed by atoms with Crippen molar-refractivity contribution in [3.63, 3.8) is 0 Å². The van der Waals surface area contributed by atoms with Crippen molar-refractivity contribution in [3.05, 3.63) is 158 Å². The molecule has 0 aliphatic carbocycles. The van der Waals surface area contributed by atoms with Crippen LogP contribution in [0, 0.1) is 11.8 Å². The Hall–Kier alpha value is -7.01. The van der Waals surface area contributed by atoms with E-state index in [0.717, 1.165) is 76.7 Å². The van der Waals surface area contributed by atoms with Crippen LogP contribution in [0.4, 0.5) is 11.6 Å². The second kappa shape index (κ2) is 19.5. The summed E-state index contributed by atoms with van der Waals surface area (Å²) >= 11 is 0. The number of rotatable bonds is 15.